The van der Waals surface area contributed by atoms with Crippen LogP contribution in [-0.2, 0) is 6.54 Å². The van der Waals surface area contributed by atoms with Crippen LogP contribution in [0, 0.1) is 12.7 Å². The molecule has 0 radical (unpaired) electrons. The van der Waals surface area contributed by atoms with E-state index in [-0.39, 0.29) is 11.7 Å². The van der Waals surface area contributed by atoms with Crippen molar-refractivity contribution in [2.75, 3.05) is 7.05 Å². The number of hydrogen-bond acceptors (Lipinski definition) is 2. The zero-order valence-electron chi connectivity index (χ0n) is 15.7. The van der Waals surface area contributed by atoms with E-state index in [0.29, 0.717) is 12.1 Å². The Morgan fingerprint density at radius 2 is 1.93 bits per heavy atom. The van der Waals surface area contributed by atoms with Crippen molar-refractivity contribution in [3.8, 4) is 11.1 Å². The Bertz CT molecular complexity index is 1170. The number of amides is 1. The average Bonchev–Trinajstić information content (AvgIpc) is 3.17. The number of nitrogens with zero attached hydrogens (tertiary/aromatic N) is 2. The molecule has 1 amide bonds. The monoisotopic (exact) mass is 373 g/mol. The van der Waals surface area contributed by atoms with Crippen LogP contribution in [0.4, 0.5) is 4.39 Å². The molecule has 0 saturated carbocycles. The highest BCUT2D eigenvalue weighted by atomic mass is 19.1. The third kappa shape index (κ3) is 3.39. The van der Waals surface area contributed by atoms with Gasteiger partial charge < -0.3 is 4.90 Å². The summed E-state index contributed by atoms with van der Waals surface area (Å²) in [6, 6.07) is 17.9. The number of benzene rings is 3. The molecule has 0 spiro atoms. The fourth-order valence-corrected chi connectivity index (χ4v) is 3.49. The molecule has 4 rings (SSSR count). The maximum atomic E-state index is 13.5. The molecular formula is C23H20FN3O. The Morgan fingerprint density at radius 3 is 2.71 bits per heavy atom. The summed E-state index contributed by atoms with van der Waals surface area (Å²) in [5, 5.41) is 8.09. The van der Waals surface area contributed by atoms with Crippen LogP contribution in [0.5, 0.6) is 0 Å². The lowest BCUT2D eigenvalue weighted by Crippen LogP contribution is -2.26. The van der Waals surface area contributed by atoms with Gasteiger partial charge in [0.05, 0.1) is 11.7 Å². The normalized spacial score (nSPS) is 11.0. The highest BCUT2D eigenvalue weighted by Crippen LogP contribution is 2.26. The summed E-state index contributed by atoms with van der Waals surface area (Å²) < 4.78 is 13.5. The van der Waals surface area contributed by atoms with Crippen LogP contribution < -0.4 is 0 Å². The molecule has 0 aliphatic rings. The number of aromatic nitrogens is 2. The van der Waals surface area contributed by atoms with Gasteiger partial charge in [-0.05, 0) is 53.4 Å². The van der Waals surface area contributed by atoms with E-state index >= 15 is 0 Å². The first-order valence-corrected chi connectivity index (χ1v) is 9.06. The van der Waals surface area contributed by atoms with Crippen LogP contribution in [-0.4, -0.2) is 28.1 Å². The third-order valence-corrected chi connectivity index (χ3v) is 4.93. The number of rotatable bonds is 4. The van der Waals surface area contributed by atoms with E-state index in [0.717, 1.165) is 33.2 Å². The summed E-state index contributed by atoms with van der Waals surface area (Å²) in [5.74, 6) is -0.338. The summed E-state index contributed by atoms with van der Waals surface area (Å²) in [4.78, 5) is 14.6. The lowest BCUT2D eigenvalue weighted by molar-refractivity contribution is 0.0785. The number of halogens is 1. The fraction of sp³-hybridized carbons (Fsp3) is 0.130. The van der Waals surface area contributed by atoms with Crippen molar-refractivity contribution in [3.05, 3.63) is 89.4 Å². The van der Waals surface area contributed by atoms with Crippen molar-refractivity contribution in [2.24, 2.45) is 0 Å². The molecular weight excluding hydrogens is 353 g/mol. The molecule has 0 saturated heterocycles. The topological polar surface area (TPSA) is 49.0 Å². The Hall–Kier alpha value is -3.47. The van der Waals surface area contributed by atoms with Gasteiger partial charge >= 0.3 is 0 Å². The SMILES string of the molecule is Cc1cc(C(=O)N(C)Cc2cccc3cn[nH]c23)ccc1-c1cccc(F)c1. The molecule has 0 aliphatic heterocycles. The van der Waals surface area contributed by atoms with E-state index in [9.17, 15) is 9.18 Å². The van der Waals surface area contributed by atoms with Crippen molar-refractivity contribution in [1.29, 1.82) is 0 Å². The highest BCUT2D eigenvalue weighted by Gasteiger charge is 2.15. The third-order valence-electron chi connectivity index (χ3n) is 4.93. The maximum Gasteiger partial charge on any atom is 0.253 e. The van der Waals surface area contributed by atoms with Gasteiger partial charge in [-0.3, -0.25) is 9.89 Å². The lowest BCUT2D eigenvalue weighted by atomic mass is 9.98. The first-order valence-electron chi connectivity index (χ1n) is 9.06. The second-order valence-electron chi connectivity index (χ2n) is 6.95. The quantitative estimate of drug-likeness (QED) is 0.550. The minimum atomic E-state index is -0.273. The van der Waals surface area contributed by atoms with Crippen LogP contribution in [0.25, 0.3) is 22.0 Å². The van der Waals surface area contributed by atoms with E-state index in [2.05, 4.69) is 10.2 Å². The lowest BCUT2D eigenvalue weighted by Gasteiger charge is -2.18. The van der Waals surface area contributed by atoms with Crippen molar-refractivity contribution in [3.63, 3.8) is 0 Å². The van der Waals surface area contributed by atoms with Crippen LogP contribution in [0.15, 0.2) is 66.9 Å². The van der Waals surface area contributed by atoms with Gasteiger partial charge in [0.15, 0.2) is 0 Å². The summed E-state index contributed by atoms with van der Waals surface area (Å²) in [6.07, 6.45) is 1.77. The standard InChI is InChI=1S/C23H20FN3O/c1-15-11-17(9-10-21(15)16-5-4-8-20(24)12-16)23(28)27(2)14-19-7-3-6-18-13-25-26-22(18)19/h3-13H,14H2,1-2H3,(H,25,26). The minimum Gasteiger partial charge on any atom is -0.337 e. The molecule has 4 nitrogen and oxygen atoms in total. The summed E-state index contributed by atoms with van der Waals surface area (Å²) in [6.45, 7) is 2.41. The molecule has 4 aromatic rings. The smallest absolute Gasteiger partial charge is 0.253 e. The zero-order chi connectivity index (χ0) is 19.7. The van der Waals surface area contributed by atoms with E-state index in [1.165, 1.54) is 12.1 Å². The molecule has 5 heteroatoms. The molecule has 0 bridgehead atoms. The van der Waals surface area contributed by atoms with Gasteiger partial charge in [-0.2, -0.15) is 5.10 Å². The number of carbonyl (C=O) groups excluding carboxylic acids is 1. The first-order chi connectivity index (χ1) is 13.5. The maximum absolute atomic E-state index is 13.5. The van der Waals surface area contributed by atoms with Gasteiger partial charge in [0.1, 0.15) is 5.82 Å². The van der Waals surface area contributed by atoms with Crippen LogP contribution in [0.2, 0.25) is 0 Å². The molecule has 1 aromatic heterocycles. The summed E-state index contributed by atoms with van der Waals surface area (Å²) >= 11 is 0. The number of nitrogens with one attached hydrogen (secondary N) is 1. The van der Waals surface area contributed by atoms with Gasteiger partial charge in [0.25, 0.3) is 5.91 Å². The van der Waals surface area contributed by atoms with E-state index < -0.39 is 0 Å². The van der Waals surface area contributed by atoms with Crippen molar-refractivity contribution >= 4 is 16.8 Å². The number of aromatic amines is 1. The number of H-pyrrole nitrogens is 1. The van der Waals surface area contributed by atoms with E-state index in [4.69, 9.17) is 0 Å². The summed E-state index contributed by atoms with van der Waals surface area (Å²) in [5.41, 5.74) is 5.22. The molecule has 3 aromatic carbocycles. The molecule has 140 valence electrons. The molecule has 0 atom stereocenters. The van der Waals surface area contributed by atoms with Gasteiger partial charge in [-0.1, -0.05) is 36.4 Å². The predicted octanol–water partition coefficient (Wildman–Crippen LogP) is 4.95. The van der Waals surface area contributed by atoms with E-state index in [1.54, 1.807) is 30.3 Å². The van der Waals surface area contributed by atoms with Crippen molar-refractivity contribution in [1.82, 2.24) is 15.1 Å². The Kier molecular flexibility index (Phi) is 4.65. The van der Waals surface area contributed by atoms with Crippen molar-refractivity contribution < 1.29 is 9.18 Å². The Morgan fingerprint density at radius 1 is 1.11 bits per heavy atom. The highest BCUT2D eigenvalue weighted by molar-refractivity contribution is 5.95. The first kappa shape index (κ1) is 17.9. The molecule has 0 aliphatic carbocycles. The molecule has 0 unspecified atom stereocenters. The Balaban J connectivity index is 1.57. The predicted molar refractivity (Wildman–Crippen MR) is 108 cm³/mol. The largest absolute Gasteiger partial charge is 0.337 e. The second kappa shape index (κ2) is 7.27. The fourth-order valence-electron chi connectivity index (χ4n) is 3.49. The molecule has 0 fully saturated rings. The van der Waals surface area contributed by atoms with Crippen molar-refractivity contribution in [2.45, 2.75) is 13.5 Å². The number of carbonyl (C=O) groups is 1. The molecule has 28 heavy (non-hydrogen) atoms. The van der Waals surface area contributed by atoms with E-state index in [1.807, 2.05) is 43.3 Å². The number of aryl methyl sites for hydroxylation is 1. The van der Waals surface area contributed by atoms with Crippen LogP contribution in [0.1, 0.15) is 21.5 Å². The van der Waals surface area contributed by atoms with Gasteiger partial charge in [0.2, 0.25) is 0 Å². The van der Waals surface area contributed by atoms with Crippen LogP contribution >= 0.6 is 0 Å². The van der Waals surface area contributed by atoms with Gasteiger partial charge in [-0.25, -0.2) is 4.39 Å². The number of para-hydroxylation sites is 1. The number of fused-ring (bicyclic) bond motifs is 1. The molecule has 1 heterocycles. The molecule has 1 N–H and O–H groups in total. The van der Waals surface area contributed by atoms with Gasteiger partial charge in [0, 0.05) is 24.5 Å². The minimum absolute atomic E-state index is 0.0644. The van der Waals surface area contributed by atoms with Gasteiger partial charge in [-0.15, -0.1) is 0 Å². The summed E-state index contributed by atoms with van der Waals surface area (Å²) in [7, 11) is 1.79. The van der Waals surface area contributed by atoms with Crippen LogP contribution in [0.3, 0.4) is 0 Å². The Labute approximate surface area is 162 Å². The average molecular weight is 373 g/mol. The second-order valence-corrected chi connectivity index (χ2v) is 6.95. The number of hydrogen-bond donors (Lipinski definition) is 1. The zero-order valence-corrected chi connectivity index (χ0v) is 15.7.